The molecule has 4 heteroatoms. The van der Waals surface area contributed by atoms with Gasteiger partial charge in [-0.15, -0.1) is 0 Å². The second-order valence-corrected chi connectivity index (χ2v) is 5.41. The third-order valence-corrected chi connectivity index (χ3v) is 3.70. The largest absolute Gasteiger partial charge is 0.341 e. The van der Waals surface area contributed by atoms with Gasteiger partial charge in [0.25, 0.3) is 0 Å². The lowest BCUT2D eigenvalue weighted by atomic mass is 9.94. The van der Waals surface area contributed by atoms with Gasteiger partial charge in [0.05, 0.1) is 5.92 Å². The summed E-state index contributed by atoms with van der Waals surface area (Å²) in [7, 11) is 1.78. The molecular formula is C15H21FN2O. The molecule has 0 aromatic heterocycles. The third-order valence-electron chi connectivity index (χ3n) is 3.70. The Morgan fingerprint density at radius 2 is 2.26 bits per heavy atom. The van der Waals surface area contributed by atoms with Crippen LogP contribution in [0.4, 0.5) is 4.39 Å². The summed E-state index contributed by atoms with van der Waals surface area (Å²) in [6.07, 6.45) is 1.96. The Labute approximate surface area is 113 Å². The number of piperidine rings is 1. The van der Waals surface area contributed by atoms with E-state index in [-0.39, 0.29) is 17.6 Å². The van der Waals surface area contributed by atoms with Crippen LogP contribution in [-0.2, 0) is 11.3 Å². The molecule has 1 amide bonds. The number of hydrogen-bond acceptors (Lipinski definition) is 2. The topological polar surface area (TPSA) is 32.3 Å². The molecule has 1 aliphatic rings. The van der Waals surface area contributed by atoms with Crippen LogP contribution in [0.2, 0.25) is 0 Å². The van der Waals surface area contributed by atoms with E-state index in [0.29, 0.717) is 12.6 Å². The van der Waals surface area contributed by atoms with Crippen LogP contribution < -0.4 is 5.32 Å². The van der Waals surface area contributed by atoms with Gasteiger partial charge in [-0.1, -0.05) is 12.1 Å². The van der Waals surface area contributed by atoms with E-state index in [0.717, 1.165) is 24.9 Å². The minimum absolute atomic E-state index is 0.0507. The van der Waals surface area contributed by atoms with Crippen LogP contribution in [-0.4, -0.2) is 30.4 Å². The average Bonchev–Trinajstić information content (AvgIpc) is 2.39. The van der Waals surface area contributed by atoms with Crippen LogP contribution in [0, 0.1) is 11.7 Å². The first-order valence-electron chi connectivity index (χ1n) is 6.79. The van der Waals surface area contributed by atoms with E-state index in [1.165, 1.54) is 12.1 Å². The van der Waals surface area contributed by atoms with Gasteiger partial charge < -0.3 is 10.2 Å². The highest BCUT2D eigenvalue weighted by molar-refractivity contribution is 5.78. The minimum Gasteiger partial charge on any atom is -0.341 e. The quantitative estimate of drug-likeness (QED) is 0.907. The maximum atomic E-state index is 13.1. The molecule has 2 unspecified atom stereocenters. The molecule has 1 saturated heterocycles. The summed E-state index contributed by atoms with van der Waals surface area (Å²) < 4.78 is 13.1. The fraction of sp³-hybridized carbons (Fsp3) is 0.533. The van der Waals surface area contributed by atoms with Gasteiger partial charge in [-0.2, -0.15) is 0 Å². The van der Waals surface area contributed by atoms with Gasteiger partial charge in [0.2, 0.25) is 5.91 Å². The number of carbonyl (C=O) groups is 1. The zero-order chi connectivity index (χ0) is 13.8. The maximum Gasteiger partial charge on any atom is 0.227 e. The molecule has 1 heterocycles. The fourth-order valence-corrected chi connectivity index (χ4v) is 2.51. The number of nitrogens with zero attached hydrogens (tertiary/aromatic N) is 1. The van der Waals surface area contributed by atoms with E-state index < -0.39 is 0 Å². The molecule has 1 aromatic rings. The summed E-state index contributed by atoms with van der Waals surface area (Å²) in [4.78, 5) is 14.0. The van der Waals surface area contributed by atoms with Gasteiger partial charge in [0, 0.05) is 26.2 Å². The lowest BCUT2D eigenvalue weighted by Gasteiger charge is -2.30. The summed E-state index contributed by atoms with van der Waals surface area (Å²) in [5.41, 5.74) is 0.827. The molecule has 1 fully saturated rings. The van der Waals surface area contributed by atoms with E-state index in [1.54, 1.807) is 18.0 Å². The first-order valence-corrected chi connectivity index (χ1v) is 6.79. The van der Waals surface area contributed by atoms with Crippen molar-refractivity contribution >= 4 is 5.91 Å². The normalized spacial score (nSPS) is 23.1. The fourth-order valence-electron chi connectivity index (χ4n) is 2.51. The van der Waals surface area contributed by atoms with Crippen molar-refractivity contribution in [3.8, 4) is 0 Å². The van der Waals surface area contributed by atoms with Crippen molar-refractivity contribution in [2.75, 3.05) is 13.6 Å². The standard InChI is InChI=1S/C15H21FN2O/c1-11-6-7-13(9-17-11)15(19)18(2)10-12-4-3-5-14(16)8-12/h3-5,8,11,13,17H,6-7,9-10H2,1-2H3. The highest BCUT2D eigenvalue weighted by Crippen LogP contribution is 2.17. The van der Waals surface area contributed by atoms with Gasteiger partial charge in [0.1, 0.15) is 5.82 Å². The molecule has 0 radical (unpaired) electrons. The van der Waals surface area contributed by atoms with Gasteiger partial charge in [-0.05, 0) is 37.5 Å². The van der Waals surface area contributed by atoms with E-state index in [1.807, 2.05) is 6.07 Å². The van der Waals surface area contributed by atoms with Crippen molar-refractivity contribution in [3.63, 3.8) is 0 Å². The van der Waals surface area contributed by atoms with Gasteiger partial charge >= 0.3 is 0 Å². The minimum atomic E-state index is -0.258. The monoisotopic (exact) mass is 264 g/mol. The SMILES string of the molecule is CC1CCC(C(=O)N(C)Cc2cccc(F)c2)CN1. The lowest BCUT2D eigenvalue weighted by molar-refractivity contribution is -0.135. The Kier molecular flexibility index (Phi) is 4.53. The molecule has 104 valence electrons. The maximum absolute atomic E-state index is 13.1. The Morgan fingerprint density at radius 3 is 2.89 bits per heavy atom. The molecule has 2 atom stereocenters. The Morgan fingerprint density at radius 1 is 1.47 bits per heavy atom. The van der Waals surface area contributed by atoms with Crippen LogP contribution >= 0.6 is 0 Å². The summed E-state index contributed by atoms with van der Waals surface area (Å²) in [6.45, 7) is 3.34. The molecule has 0 bridgehead atoms. The number of benzene rings is 1. The molecule has 19 heavy (non-hydrogen) atoms. The van der Waals surface area contributed by atoms with Crippen molar-refractivity contribution < 1.29 is 9.18 Å². The molecule has 3 nitrogen and oxygen atoms in total. The number of carbonyl (C=O) groups excluding carboxylic acids is 1. The first-order chi connectivity index (χ1) is 9.06. The Bertz CT molecular complexity index is 442. The number of rotatable bonds is 3. The molecule has 1 aromatic carbocycles. The zero-order valence-corrected chi connectivity index (χ0v) is 11.5. The molecule has 1 N–H and O–H groups in total. The van der Waals surface area contributed by atoms with E-state index in [2.05, 4.69) is 12.2 Å². The molecule has 2 rings (SSSR count). The first kappa shape index (κ1) is 14.0. The second-order valence-electron chi connectivity index (χ2n) is 5.41. The van der Waals surface area contributed by atoms with Gasteiger partial charge in [0.15, 0.2) is 0 Å². The number of halogens is 1. The summed E-state index contributed by atoms with van der Waals surface area (Å²) in [6, 6.07) is 6.90. The zero-order valence-electron chi connectivity index (χ0n) is 11.5. The Hall–Kier alpha value is -1.42. The smallest absolute Gasteiger partial charge is 0.227 e. The lowest BCUT2D eigenvalue weighted by Crippen LogP contribution is -2.44. The third kappa shape index (κ3) is 3.77. The van der Waals surface area contributed by atoms with E-state index in [4.69, 9.17) is 0 Å². The number of hydrogen-bond donors (Lipinski definition) is 1. The number of amides is 1. The summed E-state index contributed by atoms with van der Waals surface area (Å²) in [5.74, 6) is -0.0649. The van der Waals surface area contributed by atoms with Crippen molar-refractivity contribution in [1.29, 1.82) is 0 Å². The predicted octanol–water partition coefficient (Wildman–Crippen LogP) is 2.17. The number of nitrogens with one attached hydrogen (secondary N) is 1. The van der Waals surface area contributed by atoms with Crippen LogP contribution in [0.1, 0.15) is 25.3 Å². The highest BCUT2D eigenvalue weighted by atomic mass is 19.1. The molecule has 0 aliphatic carbocycles. The van der Waals surface area contributed by atoms with Crippen molar-refractivity contribution in [2.45, 2.75) is 32.4 Å². The highest BCUT2D eigenvalue weighted by Gasteiger charge is 2.26. The Balaban J connectivity index is 1.92. The molecule has 1 aliphatic heterocycles. The van der Waals surface area contributed by atoms with Crippen molar-refractivity contribution in [2.24, 2.45) is 5.92 Å². The molecule has 0 saturated carbocycles. The summed E-state index contributed by atoms with van der Waals surface area (Å²) >= 11 is 0. The van der Waals surface area contributed by atoms with Crippen molar-refractivity contribution in [1.82, 2.24) is 10.2 Å². The summed E-state index contributed by atoms with van der Waals surface area (Å²) in [5, 5.41) is 3.33. The van der Waals surface area contributed by atoms with Crippen LogP contribution in [0.3, 0.4) is 0 Å². The second kappa shape index (κ2) is 6.15. The van der Waals surface area contributed by atoms with Crippen LogP contribution in [0.25, 0.3) is 0 Å². The van der Waals surface area contributed by atoms with Gasteiger partial charge in [-0.25, -0.2) is 4.39 Å². The average molecular weight is 264 g/mol. The van der Waals surface area contributed by atoms with Crippen LogP contribution in [0.15, 0.2) is 24.3 Å². The van der Waals surface area contributed by atoms with E-state index >= 15 is 0 Å². The predicted molar refractivity (Wildman–Crippen MR) is 73.1 cm³/mol. The van der Waals surface area contributed by atoms with Crippen molar-refractivity contribution in [3.05, 3.63) is 35.6 Å². The van der Waals surface area contributed by atoms with Gasteiger partial charge in [-0.3, -0.25) is 4.79 Å². The van der Waals surface area contributed by atoms with Crippen LogP contribution in [0.5, 0.6) is 0 Å². The van der Waals surface area contributed by atoms with E-state index in [9.17, 15) is 9.18 Å². The molecule has 0 spiro atoms. The molecular weight excluding hydrogens is 243 g/mol.